The zero-order chi connectivity index (χ0) is 12.3. The van der Waals surface area contributed by atoms with E-state index in [1.165, 1.54) is 6.26 Å². The fraction of sp³-hybridized carbons (Fsp3) is 0.0769. The van der Waals surface area contributed by atoms with E-state index in [2.05, 4.69) is 11.4 Å². The molecule has 4 heteroatoms. The molecule has 0 aromatic heterocycles. The molecular weight excluding hydrogens is 234 g/mol. The first-order valence-corrected chi connectivity index (χ1v) is 6.98. The molecule has 0 saturated carbocycles. The normalized spacial score (nSPS) is 11.1. The molecule has 0 aliphatic carbocycles. The summed E-state index contributed by atoms with van der Waals surface area (Å²) in [5, 5.41) is 3.17. The van der Waals surface area contributed by atoms with E-state index in [4.69, 9.17) is 0 Å². The van der Waals surface area contributed by atoms with Gasteiger partial charge in [0.25, 0.3) is 0 Å². The predicted octanol–water partition coefficient (Wildman–Crippen LogP) is 2.63. The van der Waals surface area contributed by atoms with Crippen molar-refractivity contribution in [3.05, 3.63) is 54.6 Å². The number of hydrogen-bond acceptors (Lipinski definition) is 3. The molecule has 3 nitrogen and oxygen atoms in total. The monoisotopic (exact) mass is 246 g/mol. The quantitative estimate of drug-likeness (QED) is 0.905. The first-order chi connectivity index (χ1) is 8.05. The second-order valence-corrected chi connectivity index (χ2v) is 5.73. The Kier molecular flexibility index (Phi) is 3.15. The number of anilines is 2. The number of nitrogens with one attached hydrogen (secondary N) is 1. The van der Waals surface area contributed by atoms with E-state index in [0.717, 1.165) is 11.4 Å². The Labute approximate surface area is 101 Å². The lowest BCUT2D eigenvalue weighted by Crippen LogP contribution is -1.97. The number of sulfone groups is 1. The van der Waals surface area contributed by atoms with Crippen molar-refractivity contribution in [3.63, 3.8) is 0 Å². The zero-order valence-electron chi connectivity index (χ0n) is 9.34. The van der Waals surface area contributed by atoms with Gasteiger partial charge in [0, 0.05) is 17.6 Å². The van der Waals surface area contributed by atoms with Gasteiger partial charge >= 0.3 is 0 Å². The molecule has 0 aliphatic heterocycles. The van der Waals surface area contributed by atoms with Crippen LogP contribution in [0.25, 0.3) is 0 Å². The Hall–Kier alpha value is -1.81. The van der Waals surface area contributed by atoms with Crippen LogP contribution in [0.3, 0.4) is 0 Å². The molecule has 2 aromatic rings. The van der Waals surface area contributed by atoms with Crippen LogP contribution in [0, 0.1) is 6.07 Å². The average molecular weight is 246 g/mol. The van der Waals surface area contributed by atoms with Crippen molar-refractivity contribution in [2.24, 2.45) is 0 Å². The van der Waals surface area contributed by atoms with Crippen LogP contribution < -0.4 is 5.32 Å². The van der Waals surface area contributed by atoms with Gasteiger partial charge in [-0.25, -0.2) is 8.42 Å². The Morgan fingerprint density at radius 2 is 1.47 bits per heavy atom. The molecule has 0 fully saturated rings. The van der Waals surface area contributed by atoms with Crippen LogP contribution in [0.5, 0.6) is 0 Å². The molecule has 2 aromatic carbocycles. The second kappa shape index (κ2) is 4.59. The Morgan fingerprint density at radius 1 is 0.941 bits per heavy atom. The van der Waals surface area contributed by atoms with Gasteiger partial charge in [-0.1, -0.05) is 12.1 Å². The van der Waals surface area contributed by atoms with Gasteiger partial charge in [-0.15, -0.1) is 0 Å². The molecule has 1 N–H and O–H groups in total. The topological polar surface area (TPSA) is 46.2 Å². The third-order valence-corrected chi connectivity index (χ3v) is 3.42. The fourth-order valence-electron chi connectivity index (χ4n) is 1.42. The molecule has 87 valence electrons. The molecule has 1 radical (unpaired) electrons. The summed E-state index contributed by atoms with van der Waals surface area (Å²) in [5.41, 5.74) is 1.79. The molecule has 17 heavy (non-hydrogen) atoms. The predicted molar refractivity (Wildman–Crippen MR) is 68.1 cm³/mol. The molecule has 0 saturated heterocycles. The van der Waals surface area contributed by atoms with Crippen molar-refractivity contribution >= 4 is 21.2 Å². The highest BCUT2D eigenvalue weighted by atomic mass is 32.2. The highest BCUT2D eigenvalue weighted by Crippen LogP contribution is 2.18. The van der Waals surface area contributed by atoms with Gasteiger partial charge in [-0.05, 0) is 42.5 Å². The first kappa shape index (κ1) is 11.7. The van der Waals surface area contributed by atoms with Crippen molar-refractivity contribution in [2.75, 3.05) is 11.6 Å². The van der Waals surface area contributed by atoms with Crippen LogP contribution in [-0.4, -0.2) is 14.7 Å². The maximum atomic E-state index is 11.3. The third-order valence-electron chi connectivity index (χ3n) is 2.29. The number of benzene rings is 2. The minimum atomic E-state index is -3.13. The van der Waals surface area contributed by atoms with Crippen LogP contribution >= 0.6 is 0 Å². The summed E-state index contributed by atoms with van der Waals surface area (Å²) < 4.78 is 22.6. The van der Waals surface area contributed by atoms with Crippen molar-refractivity contribution in [1.82, 2.24) is 0 Å². The highest BCUT2D eigenvalue weighted by Gasteiger charge is 2.05. The molecule has 2 rings (SSSR count). The minimum Gasteiger partial charge on any atom is -0.356 e. The molecular formula is C13H12NO2S. The number of rotatable bonds is 3. The third kappa shape index (κ3) is 3.07. The van der Waals surface area contributed by atoms with Gasteiger partial charge in [0.1, 0.15) is 0 Å². The van der Waals surface area contributed by atoms with Gasteiger partial charge in [-0.3, -0.25) is 0 Å². The molecule has 0 unspecified atom stereocenters. The van der Waals surface area contributed by atoms with E-state index in [1.54, 1.807) is 24.3 Å². The average Bonchev–Trinajstić information content (AvgIpc) is 2.30. The van der Waals surface area contributed by atoms with Crippen LogP contribution in [0.4, 0.5) is 11.4 Å². The highest BCUT2D eigenvalue weighted by molar-refractivity contribution is 7.90. The lowest BCUT2D eigenvalue weighted by molar-refractivity contribution is 0.602. The molecule has 0 spiro atoms. The molecule has 0 heterocycles. The summed E-state index contributed by atoms with van der Waals surface area (Å²) in [6.45, 7) is 0. The van der Waals surface area contributed by atoms with Crippen molar-refractivity contribution in [2.45, 2.75) is 4.90 Å². The summed E-state index contributed by atoms with van der Waals surface area (Å²) >= 11 is 0. The second-order valence-electron chi connectivity index (χ2n) is 3.71. The Bertz CT molecular complexity index is 589. The Balaban J connectivity index is 2.20. The molecule has 0 bridgehead atoms. The summed E-state index contributed by atoms with van der Waals surface area (Å²) in [6, 6.07) is 17.0. The maximum absolute atomic E-state index is 11.3. The fourth-order valence-corrected chi connectivity index (χ4v) is 2.05. The standard InChI is InChI=1S/C13H12NO2S/c1-17(15,16)13-9-7-12(8-10-13)14-11-5-3-2-4-6-11/h3-10,14H,1H3. The molecule has 0 amide bonds. The van der Waals surface area contributed by atoms with Gasteiger partial charge in [0.05, 0.1) is 4.90 Å². The van der Waals surface area contributed by atoms with E-state index in [9.17, 15) is 8.42 Å². The van der Waals surface area contributed by atoms with E-state index >= 15 is 0 Å². The van der Waals surface area contributed by atoms with Gasteiger partial charge in [-0.2, -0.15) is 0 Å². The van der Waals surface area contributed by atoms with Crippen molar-refractivity contribution in [3.8, 4) is 0 Å². The Morgan fingerprint density at radius 3 is 2.00 bits per heavy atom. The molecule has 0 aliphatic rings. The molecule has 0 atom stereocenters. The lowest BCUT2D eigenvalue weighted by atomic mass is 10.3. The van der Waals surface area contributed by atoms with Crippen LogP contribution in [0.15, 0.2) is 53.4 Å². The zero-order valence-corrected chi connectivity index (χ0v) is 10.2. The maximum Gasteiger partial charge on any atom is 0.175 e. The van der Waals surface area contributed by atoms with E-state index < -0.39 is 9.84 Å². The van der Waals surface area contributed by atoms with Gasteiger partial charge in [0.15, 0.2) is 9.84 Å². The van der Waals surface area contributed by atoms with E-state index in [-0.39, 0.29) is 0 Å². The minimum absolute atomic E-state index is 0.324. The largest absolute Gasteiger partial charge is 0.356 e. The van der Waals surface area contributed by atoms with Crippen molar-refractivity contribution in [1.29, 1.82) is 0 Å². The summed E-state index contributed by atoms with van der Waals surface area (Å²) in [7, 11) is -3.13. The van der Waals surface area contributed by atoms with Crippen LogP contribution in [-0.2, 0) is 9.84 Å². The summed E-state index contributed by atoms with van der Waals surface area (Å²) in [5.74, 6) is 0. The summed E-state index contributed by atoms with van der Waals surface area (Å²) in [6.07, 6.45) is 1.20. The lowest BCUT2D eigenvalue weighted by Gasteiger charge is -2.06. The SMILES string of the molecule is CS(=O)(=O)c1ccc(Nc2cc[c]cc2)cc1. The van der Waals surface area contributed by atoms with Gasteiger partial charge in [0.2, 0.25) is 0 Å². The van der Waals surface area contributed by atoms with Crippen molar-refractivity contribution < 1.29 is 8.42 Å². The first-order valence-electron chi connectivity index (χ1n) is 5.09. The van der Waals surface area contributed by atoms with E-state index in [0.29, 0.717) is 4.90 Å². The smallest absolute Gasteiger partial charge is 0.175 e. The van der Waals surface area contributed by atoms with Crippen LogP contribution in [0.1, 0.15) is 0 Å². The van der Waals surface area contributed by atoms with Gasteiger partial charge < -0.3 is 5.32 Å². The summed E-state index contributed by atoms with van der Waals surface area (Å²) in [4.78, 5) is 0.324. The number of hydrogen-bond donors (Lipinski definition) is 1. The van der Waals surface area contributed by atoms with E-state index in [1.807, 2.05) is 24.3 Å². The van der Waals surface area contributed by atoms with Crippen LogP contribution in [0.2, 0.25) is 0 Å².